The number of nitrogens with zero attached hydrogens (tertiary/aromatic N) is 2. The molecule has 1 heterocycles. The predicted octanol–water partition coefficient (Wildman–Crippen LogP) is 3.08. The van der Waals surface area contributed by atoms with Crippen molar-refractivity contribution in [3.63, 3.8) is 0 Å². The molecule has 1 N–H and O–H groups in total. The Kier molecular flexibility index (Phi) is 3.58. The van der Waals surface area contributed by atoms with Crippen LogP contribution in [0.1, 0.15) is 18.4 Å². The summed E-state index contributed by atoms with van der Waals surface area (Å²) in [4.78, 5) is 0.655. The van der Waals surface area contributed by atoms with E-state index in [0.29, 0.717) is 17.5 Å². The molecular weight excluding hydrogens is 269 g/mol. The first-order chi connectivity index (χ1) is 8.83. The zero-order valence-electron chi connectivity index (χ0n) is 9.60. The van der Waals surface area contributed by atoms with E-state index in [0.717, 1.165) is 9.90 Å². The maximum atomic E-state index is 13.9. The van der Waals surface area contributed by atoms with Gasteiger partial charge in [0.1, 0.15) is 11.3 Å². The van der Waals surface area contributed by atoms with Crippen molar-refractivity contribution in [3.05, 3.63) is 35.1 Å². The number of nitrogens with one attached hydrogen (secondary N) is 1. The van der Waals surface area contributed by atoms with Crippen LogP contribution in [0.15, 0.2) is 32.9 Å². The predicted molar refractivity (Wildman–Crippen MR) is 70.3 cm³/mol. The maximum absolute atomic E-state index is 13.9. The summed E-state index contributed by atoms with van der Waals surface area (Å²) in [6, 6.07) is 5.82. The van der Waals surface area contributed by atoms with E-state index in [9.17, 15) is 4.39 Å². The van der Waals surface area contributed by atoms with E-state index in [1.807, 2.05) is 6.07 Å². The Morgan fingerprint density at radius 1 is 1.44 bits per heavy atom. The van der Waals surface area contributed by atoms with Gasteiger partial charge in [0.05, 0.1) is 4.90 Å². The van der Waals surface area contributed by atoms with Gasteiger partial charge >= 0.3 is 0 Å². The Morgan fingerprint density at radius 2 is 2.33 bits per heavy atom. The maximum Gasteiger partial charge on any atom is 0.178 e. The Labute approximate surface area is 113 Å². The topological polar surface area (TPSA) is 37.8 Å². The summed E-state index contributed by atoms with van der Waals surface area (Å²) < 4.78 is 14.7. The molecule has 18 heavy (non-hydrogen) atoms. The molecule has 6 heteroatoms. The Balaban J connectivity index is 1.80. The third-order valence-electron chi connectivity index (χ3n) is 2.74. The summed E-state index contributed by atoms with van der Waals surface area (Å²) >= 11 is 2.78. The molecule has 1 saturated carbocycles. The van der Waals surface area contributed by atoms with Crippen LogP contribution in [0.4, 0.5) is 4.39 Å². The summed E-state index contributed by atoms with van der Waals surface area (Å²) in [7, 11) is 0. The summed E-state index contributed by atoms with van der Waals surface area (Å²) in [5.74, 6) is -0.190. The molecule has 1 aliphatic carbocycles. The number of benzene rings is 1. The highest BCUT2D eigenvalue weighted by atomic mass is 32.2. The van der Waals surface area contributed by atoms with Crippen LogP contribution in [0.5, 0.6) is 0 Å². The molecular formula is C12H12FN3S2. The van der Waals surface area contributed by atoms with Gasteiger partial charge < -0.3 is 5.32 Å². The minimum atomic E-state index is -0.190. The van der Waals surface area contributed by atoms with Gasteiger partial charge in [-0.2, -0.15) is 0 Å². The molecule has 1 aromatic heterocycles. The molecule has 1 aromatic carbocycles. The van der Waals surface area contributed by atoms with E-state index in [2.05, 4.69) is 15.5 Å². The molecule has 0 bridgehead atoms. The first-order valence-corrected chi connectivity index (χ1v) is 7.47. The minimum Gasteiger partial charge on any atom is -0.310 e. The molecule has 94 valence electrons. The normalized spacial score (nSPS) is 14.9. The molecule has 1 fully saturated rings. The second kappa shape index (κ2) is 5.34. The zero-order valence-corrected chi connectivity index (χ0v) is 11.2. The van der Waals surface area contributed by atoms with Gasteiger partial charge in [-0.25, -0.2) is 4.39 Å². The van der Waals surface area contributed by atoms with Crippen molar-refractivity contribution in [2.75, 3.05) is 0 Å². The van der Waals surface area contributed by atoms with Gasteiger partial charge in [-0.3, -0.25) is 0 Å². The number of halogens is 1. The fourth-order valence-electron chi connectivity index (χ4n) is 1.64. The van der Waals surface area contributed by atoms with Crippen LogP contribution in [-0.4, -0.2) is 16.2 Å². The lowest BCUT2D eigenvalue weighted by Gasteiger charge is -2.09. The first kappa shape index (κ1) is 12.1. The second-order valence-electron chi connectivity index (χ2n) is 4.19. The molecule has 2 aromatic rings. The fourth-order valence-corrected chi connectivity index (χ4v) is 3.19. The van der Waals surface area contributed by atoms with E-state index in [1.54, 1.807) is 11.6 Å². The van der Waals surface area contributed by atoms with Crippen LogP contribution in [0.3, 0.4) is 0 Å². The average Bonchev–Trinajstić information content (AvgIpc) is 3.06. The van der Waals surface area contributed by atoms with Crippen molar-refractivity contribution in [2.24, 2.45) is 0 Å². The van der Waals surface area contributed by atoms with Crippen molar-refractivity contribution in [2.45, 2.75) is 34.7 Å². The van der Waals surface area contributed by atoms with Crippen molar-refractivity contribution in [3.8, 4) is 0 Å². The van der Waals surface area contributed by atoms with Crippen molar-refractivity contribution in [1.82, 2.24) is 15.5 Å². The van der Waals surface area contributed by atoms with Crippen LogP contribution in [0.2, 0.25) is 0 Å². The van der Waals surface area contributed by atoms with Gasteiger partial charge in [0.15, 0.2) is 4.34 Å². The molecule has 0 spiro atoms. The van der Waals surface area contributed by atoms with Crippen LogP contribution < -0.4 is 5.32 Å². The lowest BCUT2D eigenvalue weighted by atomic mass is 10.2. The average molecular weight is 281 g/mol. The highest BCUT2D eigenvalue weighted by molar-refractivity contribution is 8.01. The van der Waals surface area contributed by atoms with E-state index >= 15 is 0 Å². The monoisotopic (exact) mass is 281 g/mol. The van der Waals surface area contributed by atoms with Gasteiger partial charge in [-0.05, 0) is 24.5 Å². The van der Waals surface area contributed by atoms with Crippen LogP contribution in [-0.2, 0) is 6.54 Å². The fraction of sp³-hybridized carbons (Fsp3) is 0.333. The smallest absolute Gasteiger partial charge is 0.178 e. The molecule has 1 aliphatic rings. The molecule has 0 atom stereocenters. The van der Waals surface area contributed by atoms with E-state index in [1.165, 1.54) is 42.0 Å². The highest BCUT2D eigenvalue weighted by Crippen LogP contribution is 2.33. The zero-order chi connectivity index (χ0) is 12.4. The first-order valence-electron chi connectivity index (χ1n) is 5.78. The standard InChI is InChI=1S/C12H12FN3S2/c13-10-3-1-2-8(6-14-9-4-5-9)11(10)18-12-16-15-7-17-12/h1-3,7,9,14H,4-6H2. The number of hydrogen-bond acceptors (Lipinski definition) is 5. The van der Waals surface area contributed by atoms with Gasteiger partial charge in [-0.15, -0.1) is 10.2 Å². The molecule has 3 nitrogen and oxygen atoms in total. The lowest BCUT2D eigenvalue weighted by molar-refractivity contribution is 0.589. The van der Waals surface area contributed by atoms with E-state index in [-0.39, 0.29) is 5.82 Å². The largest absolute Gasteiger partial charge is 0.310 e. The summed E-state index contributed by atoms with van der Waals surface area (Å²) in [6.07, 6.45) is 2.46. The van der Waals surface area contributed by atoms with E-state index < -0.39 is 0 Å². The van der Waals surface area contributed by atoms with Crippen molar-refractivity contribution < 1.29 is 4.39 Å². The van der Waals surface area contributed by atoms with Gasteiger partial charge in [0.25, 0.3) is 0 Å². The number of hydrogen-bond donors (Lipinski definition) is 1. The third-order valence-corrected chi connectivity index (χ3v) is 4.68. The highest BCUT2D eigenvalue weighted by Gasteiger charge is 2.21. The SMILES string of the molecule is Fc1cccc(CNC2CC2)c1Sc1nncs1. The van der Waals surface area contributed by atoms with Gasteiger partial charge in [-0.1, -0.05) is 35.2 Å². The lowest BCUT2D eigenvalue weighted by Crippen LogP contribution is -2.16. The summed E-state index contributed by atoms with van der Waals surface area (Å²) in [5, 5.41) is 11.1. The third kappa shape index (κ3) is 2.88. The Morgan fingerprint density at radius 3 is 3.06 bits per heavy atom. The molecule has 0 radical (unpaired) electrons. The second-order valence-corrected chi connectivity index (χ2v) is 6.28. The van der Waals surface area contributed by atoms with Crippen LogP contribution in [0, 0.1) is 5.82 Å². The minimum absolute atomic E-state index is 0.190. The quantitative estimate of drug-likeness (QED) is 0.914. The number of aromatic nitrogens is 2. The summed E-state index contributed by atoms with van der Waals surface area (Å²) in [6.45, 7) is 0.712. The van der Waals surface area contributed by atoms with Crippen LogP contribution >= 0.6 is 23.1 Å². The van der Waals surface area contributed by atoms with Gasteiger partial charge in [0, 0.05) is 12.6 Å². The molecule has 0 saturated heterocycles. The van der Waals surface area contributed by atoms with E-state index in [4.69, 9.17) is 0 Å². The van der Waals surface area contributed by atoms with Gasteiger partial charge in [0.2, 0.25) is 0 Å². The molecule has 3 rings (SSSR count). The Bertz CT molecular complexity index is 526. The van der Waals surface area contributed by atoms with Crippen molar-refractivity contribution in [1.29, 1.82) is 0 Å². The van der Waals surface area contributed by atoms with Crippen molar-refractivity contribution >= 4 is 23.1 Å². The molecule has 0 aliphatic heterocycles. The number of rotatable bonds is 5. The molecule has 0 amide bonds. The molecule has 0 unspecified atom stereocenters. The van der Waals surface area contributed by atoms with Crippen LogP contribution in [0.25, 0.3) is 0 Å². The Hall–Kier alpha value is -0.980. The summed E-state index contributed by atoms with van der Waals surface area (Å²) in [5.41, 5.74) is 2.65.